The Kier molecular flexibility index (Phi) is 6.74. The largest absolute Gasteiger partial charge is 0.497 e. The first-order valence-corrected chi connectivity index (χ1v) is 6.86. The quantitative estimate of drug-likeness (QED) is 0.823. The lowest BCUT2D eigenvalue weighted by Gasteiger charge is -2.18. The van der Waals surface area contributed by atoms with E-state index in [0.29, 0.717) is 6.61 Å². The summed E-state index contributed by atoms with van der Waals surface area (Å²) in [5.41, 5.74) is 3.63. The third kappa shape index (κ3) is 4.77. The summed E-state index contributed by atoms with van der Waals surface area (Å²) < 4.78 is 11.1. The van der Waals surface area contributed by atoms with Gasteiger partial charge in [0.15, 0.2) is 0 Å². The zero-order chi connectivity index (χ0) is 14.3. The van der Waals surface area contributed by atoms with Crippen LogP contribution >= 0.6 is 11.6 Å². The molecular formula is C15H22ClNO2. The second-order valence-electron chi connectivity index (χ2n) is 4.43. The van der Waals surface area contributed by atoms with Gasteiger partial charge >= 0.3 is 0 Å². The molecule has 0 spiro atoms. The van der Waals surface area contributed by atoms with Crippen LogP contribution in [0.15, 0.2) is 29.3 Å². The van der Waals surface area contributed by atoms with Crippen LogP contribution in [-0.4, -0.2) is 20.3 Å². The minimum Gasteiger partial charge on any atom is -0.497 e. The maximum absolute atomic E-state index is 5.83. The van der Waals surface area contributed by atoms with E-state index in [1.165, 1.54) is 5.54 Å². The average Bonchev–Trinajstić information content (AvgIpc) is 2.44. The van der Waals surface area contributed by atoms with Crippen LogP contribution < -0.4 is 14.8 Å². The molecule has 0 heterocycles. The van der Waals surface area contributed by atoms with Gasteiger partial charge in [0.2, 0.25) is 0 Å². The van der Waals surface area contributed by atoms with Gasteiger partial charge in [-0.25, -0.2) is 0 Å². The van der Waals surface area contributed by atoms with Crippen LogP contribution in [-0.2, 0) is 0 Å². The molecule has 19 heavy (non-hydrogen) atoms. The smallest absolute Gasteiger partial charge is 0.128 e. The highest BCUT2D eigenvalue weighted by Gasteiger charge is 2.12. The summed E-state index contributed by atoms with van der Waals surface area (Å²) in [7, 11) is 1.65. The third-order valence-corrected chi connectivity index (χ3v) is 3.21. The van der Waals surface area contributed by atoms with Gasteiger partial charge in [-0.1, -0.05) is 24.6 Å². The molecule has 0 bridgehead atoms. The van der Waals surface area contributed by atoms with Gasteiger partial charge in [-0.3, -0.25) is 0 Å². The Bertz CT molecular complexity index is 432. The Morgan fingerprint density at radius 3 is 2.79 bits per heavy atom. The molecule has 1 aromatic carbocycles. The minimum absolute atomic E-state index is 0.228. The molecule has 3 nitrogen and oxygen atoms in total. The molecule has 0 aromatic heterocycles. The molecule has 4 heteroatoms. The van der Waals surface area contributed by atoms with Crippen molar-refractivity contribution >= 4 is 11.6 Å². The van der Waals surface area contributed by atoms with Crippen molar-refractivity contribution < 1.29 is 9.47 Å². The van der Waals surface area contributed by atoms with E-state index in [1.54, 1.807) is 7.11 Å². The molecule has 0 saturated heterocycles. The van der Waals surface area contributed by atoms with Crippen LogP contribution in [0.3, 0.4) is 0 Å². The molecule has 0 saturated carbocycles. The van der Waals surface area contributed by atoms with Gasteiger partial charge < -0.3 is 14.8 Å². The summed E-state index contributed by atoms with van der Waals surface area (Å²) in [5.74, 6) is 1.61. The van der Waals surface area contributed by atoms with Gasteiger partial charge in [-0.2, -0.15) is 0 Å². The topological polar surface area (TPSA) is 30.5 Å². The number of methoxy groups -OCH3 is 1. The number of rotatable bonds is 7. The molecule has 0 aliphatic carbocycles. The van der Waals surface area contributed by atoms with Crippen LogP contribution in [0, 0.1) is 0 Å². The third-order valence-electron chi connectivity index (χ3n) is 2.84. The monoisotopic (exact) mass is 283 g/mol. The summed E-state index contributed by atoms with van der Waals surface area (Å²) >= 11 is 5.65. The maximum Gasteiger partial charge on any atom is 0.128 e. The molecule has 0 aliphatic rings. The minimum atomic E-state index is 0.228. The first-order chi connectivity index (χ1) is 9.12. The van der Waals surface area contributed by atoms with Crippen LogP contribution in [0.4, 0.5) is 0 Å². The van der Waals surface area contributed by atoms with Gasteiger partial charge in [-0.15, -0.1) is 0 Å². The first-order valence-electron chi connectivity index (χ1n) is 6.42. The van der Waals surface area contributed by atoms with E-state index in [2.05, 4.69) is 19.2 Å². The van der Waals surface area contributed by atoms with E-state index in [-0.39, 0.29) is 6.04 Å². The number of hydrogen-bond acceptors (Lipinski definition) is 3. The summed E-state index contributed by atoms with van der Waals surface area (Å²) in [6.07, 6.45) is 0. The zero-order valence-electron chi connectivity index (χ0n) is 12.0. The Morgan fingerprint density at radius 2 is 2.21 bits per heavy atom. The lowest BCUT2D eigenvalue weighted by molar-refractivity contribution is 0.339. The van der Waals surface area contributed by atoms with Crippen molar-refractivity contribution in [2.45, 2.75) is 26.8 Å². The molecule has 1 unspecified atom stereocenters. The fraction of sp³-hybridized carbons (Fsp3) is 0.467. The molecule has 106 valence electrons. The first kappa shape index (κ1) is 15.9. The fourth-order valence-electron chi connectivity index (χ4n) is 1.76. The summed E-state index contributed by atoms with van der Waals surface area (Å²) in [4.78, 5) is 0. The predicted molar refractivity (Wildman–Crippen MR) is 80.2 cm³/mol. The van der Waals surface area contributed by atoms with Crippen LogP contribution in [0.5, 0.6) is 11.5 Å². The number of benzene rings is 1. The van der Waals surface area contributed by atoms with Gasteiger partial charge in [0, 0.05) is 23.2 Å². The molecule has 1 N–H and O–H groups in total. The second kappa shape index (κ2) is 8.08. The number of hydrogen-bond donors (Lipinski definition) is 1. The Morgan fingerprint density at radius 1 is 1.47 bits per heavy atom. The number of nitrogens with one attached hydrogen (secondary N) is 1. The van der Waals surface area contributed by atoms with Gasteiger partial charge in [0.1, 0.15) is 18.1 Å². The summed E-state index contributed by atoms with van der Waals surface area (Å²) in [6.45, 7) is 7.51. The predicted octanol–water partition coefficient (Wildman–Crippen LogP) is 3.89. The van der Waals surface area contributed by atoms with Crippen molar-refractivity contribution in [1.82, 2.24) is 5.32 Å². The van der Waals surface area contributed by atoms with Crippen molar-refractivity contribution in [2.24, 2.45) is 0 Å². The van der Waals surface area contributed by atoms with Crippen molar-refractivity contribution in [3.05, 3.63) is 34.9 Å². The van der Waals surface area contributed by atoms with Gasteiger partial charge in [-0.05, 0) is 32.0 Å². The highest BCUT2D eigenvalue weighted by molar-refractivity contribution is 6.25. The molecule has 0 radical (unpaired) electrons. The molecular weight excluding hydrogens is 262 g/mol. The van der Waals surface area contributed by atoms with Crippen molar-refractivity contribution in [2.75, 3.05) is 20.3 Å². The Balaban J connectivity index is 2.95. The van der Waals surface area contributed by atoms with Gasteiger partial charge in [0.25, 0.3) is 0 Å². The number of halogens is 1. The second-order valence-corrected chi connectivity index (χ2v) is 4.65. The highest BCUT2D eigenvalue weighted by atomic mass is 35.5. The van der Waals surface area contributed by atoms with Crippen LogP contribution in [0.1, 0.15) is 32.4 Å². The van der Waals surface area contributed by atoms with E-state index in [4.69, 9.17) is 21.1 Å². The van der Waals surface area contributed by atoms with E-state index in [0.717, 1.165) is 29.2 Å². The van der Waals surface area contributed by atoms with Gasteiger partial charge in [0.05, 0.1) is 7.11 Å². The highest BCUT2D eigenvalue weighted by Crippen LogP contribution is 2.29. The molecule has 0 fully saturated rings. The van der Waals surface area contributed by atoms with Crippen LogP contribution in [0.25, 0.3) is 0 Å². The van der Waals surface area contributed by atoms with Crippen molar-refractivity contribution in [3.8, 4) is 11.5 Å². The van der Waals surface area contributed by atoms with E-state index >= 15 is 0 Å². The average molecular weight is 284 g/mol. The van der Waals surface area contributed by atoms with Crippen molar-refractivity contribution in [1.29, 1.82) is 0 Å². The lowest BCUT2D eigenvalue weighted by atomic mass is 10.1. The molecule has 0 aliphatic heterocycles. The van der Waals surface area contributed by atoms with Crippen LogP contribution in [0.2, 0.25) is 0 Å². The fourth-order valence-corrected chi connectivity index (χ4v) is 1.83. The molecule has 0 amide bonds. The van der Waals surface area contributed by atoms with E-state index < -0.39 is 0 Å². The molecule has 1 aromatic rings. The SMILES string of the molecule is CCNC(C)c1ccc(OC)cc1OC/C(C)=C/Cl. The lowest BCUT2D eigenvalue weighted by Crippen LogP contribution is -2.18. The zero-order valence-corrected chi connectivity index (χ0v) is 12.8. The molecule has 1 atom stereocenters. The Labute approximate surface area is 120 Å². The Hall–Kier alpha value is -1.19. The van der Waals surface area contributed by atoms with Crippen molar-refractivity contribution in [3.63, 3.8) is 0 Å². The molecule has 1 rings (SSSR count). The number of ether oxygens (including phenoxy) is 2. The normalized spacial score (nSPS) is 13.2. The summed E-state index contributed by atoms with van der Waals surface area (Å²) in [5, 5.41) is 3.38. The van der Waals surface area contributed by atoms with E-state index in [1.807, 2.05) is 25.1 Å². The van der Waals surface area contributed by atoms with E-state index in [9.17, 15) is 0 Å². The summed E-state index contributed by atoms with van der Waals surface area (Å²) in [6, 6.07) is 6.11. The maximum atomic E-state index is 5.83. The standard InChI is InChI=1S/C15H22ClNO2/c1-5-17-12(3)14-7-6-13(18-4)8-15(14)19-10-11(2)9-16/h6-9,12,17H,5,10H2,1-4H3/b11-9+.